The first kappa shape index (κ1) is 43.9. The highest BCUT2D eigenvalue weighted by Crippen LogP contribution is 2.45. The van der Waals surface area contributed by atoms with Gasteiger partial charge in [0, 0.05) is 44.6 Å². The summed E-state index contributed by atoms with van der Waals surface area (Å²) in [5.74, 6) is 0.762. The van der Waals surface area contributed by atoms with E-state index in [0.29, 0.717) is 12.0 Å². The van der Waals surface area contributed by atoms with Crippen molar-refractivity contribution in [2.24, 2.45) is 0 Å². The number of hydrogen-bond acceptors (Lipinski definition) is 4. The molecule has 5 heteroatoms. The fraction of sp³-hybridized carbons (Fsp3) is 0.149. The van der Waals surface area contributed by atoms with E-state index in [2.05, 4.69) is 221 Å². The van der Waals surface area contributed by atoms with Crippen LogP contribution in [-0.4, -0.2) is 21.6 Å². The molecule has 12 aromatic rings. The zero-order chi connectivity index (χ0) is 58.2. The lowest BCUT2D eigenvalue weighted by molar-refractivity contribution is 0.589. The SMILES string of the molecule is [2H]c1c([2H])c([2H])c(-c2cc(-c3cc(C(C)(C)C)cc(-c4cccc(-c5ccccc5)c4)c3NC3C=CC=CC3Nc3cccc(Cc4ccc5c6ccccc6n(-c6nccc7c6oc6ccccc67)c5c4)c3)cc(C(C)(C)C)c2)c([2H])c1[2H]. The van der Waals surface area contributed by atoms with Crippen molar-refractivity contribution in [3.63, 3.8) is 0 Å². The molecule has 0 spiro atoms. The van der Waals surface area contributed by atoms with Crippen LogP contribution in [0.3, 0.4) is 0 Å². The van der Waals surface area contributed by atoms with Gasteiger partial charge in [0.15, 0.2) is 11.4 Å². The van der Waals surface area contributed by atoms with E-state index in [-0.39, 0.29) is 52.6 Å². The van der Waals surface area contributed by atoms with Gasteiger partial charge in [0.2, 0.25) is 0 Å². The van der Waals surface area contributed by atoms with Crippen molar-refractivity contribution in [2.45, 2.75) is 70.9 Å². The Morgan fingerprint density at radius 3 is 1.92 bits per heavy atom. The van der Waals surface area contributed by atoms with Gasteiger partial charge in [-0.15, -0.1) is 0 Å². The summed E-state index contributed by atoms with van der Waals surface area (Å²) in [7, 11) is 0. The topological polar surface area (TPSA) is 55.0 Å². The summed E-state index contributed by atoms with van der Waals surface area (Å²) in [5, 5.41) is 12.5. The van der Waals surface area contributed by atoms with Crippen molar-refractivity contribution in [1.29, 1.82) is 0 Å². The summed E-state index contributed by atoms with van der Waals surface area (Å²) in [5.41, 5.74) is 16.2. The van der Waals surface area contributed by atoms with Crippen molar-refractivity contribution in [3.8, 4) is 50.3 Å². The predicted octanol–water partition coefficient (Wildman–Crippen LogP) is 19.3. The van der Waals surface area contributed by atoms with Gasteiger partial charge in [-0.05, 0) is 134 Å². The van der Waals surface area contributed by atoms with Crippen LogP contribution in [-0.2, 0) is 17.3 Å². The van der Waals surface area contributed by atoms with Crippen LogP contribution in [0.5, 0.6) is 0 Å². The third-order valence-corrected chi connectivity index (χ3v) is 15.5. The van der Waals surface area contributed by atoms with Crippen molar-refractivity contribution in [2.75, 3.05) is 10.6 Å². The molecule has 3 aromatic heterocycles. The average Bonchev–Trinajstić information content (AvgIpc) is 1.73. The molecule has 386 valence electrons. The van der Waals surface area contributed by atoms with E-state index in [4.69, 9.17) is 16.3 Å². The van der Waals surface area contributed by atoms with E-state index in [9.17, 15) is 0 Å². The molecule has 0 saturated heterocycles. The van der Waals surface area contributed by atoms with E-state index in [1.165, 1.54) is 5.56 Å². The lowest BCUT2D eigenvalue weighted by Crippen LogP contribution is -2.38. The number of para-hydroxylation sites is 2. The van der Waals surface area contributed by atoms with Crippen molar-refractivity contribution in [1.82, 2.24) is 9.55 Å². The van der Waals surface area contributed by atoms with Gasteiger partial charge in [-0.1, -0.05) is 217 Å². The van der Waals surface area contributed by atoms with E-state index in [0.717, 1.165) is 111 Å². The lowest BCUT2D eigenvalue weighted by atomic mass is 9.79. The number of benzene rings is 9. The molecule has 0 amide bonds. The number of allylic oxidation sites excluding steroid dienone is 2. The smallest absolute Gasteiger partial charge is 0.181 e. The number of furan rings is 1. The van der Waals surface area contributed by atoms with Crippen LogP contribution in [0.2, 0.25) is 0 Å². The summed E-state index contributed by atoms with van der Waals surface area (Å²) in [4.78, 5) is 4.98. The Hall–Kier alpha value is -9.19. The Morgan fingerprint density at radius 2 is 1.13 bits per heavy atom. The molecule has 0 radical (unpaired) electrons. The van der Waals surface area contributed by atoms with Gasteiger partial charge >= 0.3 is 0 Å². The summed E-state index contributed by atoms with van der Waals surface area (Å²) in [6.07, 6.45) is 11.2. The molecule has 2 atom stereocenters. The Balaban J connectivity index is 0.898. The minimum Gasteiger partial charge on any atom is -0.452 e. The summed E-state index contributed by atoms with van der Waals surface area (Å²) >= 11 is 0. The van der Waals surface area contributed by atoms with Crippen LogP contribution >= 0.6 is 0 Å². The van der Waals surface area contributed by atoms with Crippen LogP contribution in [0.25, 0.3) is 94.1 Å². The van der Waals surface area contributed by atoms with Crippen LogP contribution in [0.1, 0.15) is 70.7 Å². The fourth-order valence-corrected chi connectivity index (χ4v) is 11.3. The highest BCUT2D eigenvalue weighted by atomic mass is 16.3. The first-order chi connectivity index (χ1) is 40.5. The van der Waals surface area contributed by atoms with Gasteiger partial charge in [0.25, 0.3) is 0 Å². The third-order valence-electron chi connectivity index (χ3n) is 15.5. The maximum absolute atomic E-state index is 9.13. The van der Waals surface area contributed by atoms with Gasteiger partial charge in [0.05, 0.1) is 35.7 Å². The second-order valence-electron chi connectivity index (χ2n) is 23.0. The monoisotopic (exact) mass is 1030 g/mol. The number of rotatable bonds is 11. The molecule has 5 nitrogen and oxygen atoms in total. The van der Waals surface area contributed by atoms with E-state index in [1.54, 1.807) is 0 Å². The highest BCUT2D eigenvalue weighted by Gasteiger charge is 2.27. The normalized spacial score (nSPS) is 15.5. The zero-order valence-corrected chi connectivity index (χ0v) is 45.4. The molecule has 0 bridgehead atoms. The summed E-state index contributed by atoms with van der Waals surface area (Å²) in [6, 6.07) is 62.1. The second kappa shape index (κ2) is 20.0. The quantitative estimate of drug-likeness (QED) is 0.136. The Labute approximate surface area is 470 Å². The minimum absolute atomic E-state index is 0.176. The van der Waals surface area contributed by atoms with Gasteiger partial charge in [0.1, 0.15) is 5.58 Å². The number of fused-ring (bicyclic) bond motifs is 6. The standard InChI is InChI=1S/C74H64N4O/c1-73(2,3)56-44-54(51-24-11-8-12-25-51)43-55(45-56)64-47-57(74(4,5)6)46-63(53-27-20-26-52(42-53)50-22-9-7-10-23-50)70(64)77-66-32-16-15-31-65(66)76-58-28-19-21-48(40-58)39-49-35-36-60-59-29-13-17-33-67(59)78(68(60)41-49)72-71-62(37-38-75-72)61-30-14-18-34-69(61)79-71/h7-38,40-47,65-66,76-77H,39H2,1-6H3/i8D,11D,12D,24D,25D. The third kappa shape index (κ3) is 9.61. The molecule has 2 unspecified atom stereocenters. The molecule has 0 fully saturated rings. The first-order valence-corrected chi connectivity index (χ1v) is 27.3. The molecule has 9 aromatic carbocycles. The lowest BCUT2D eigenvalue weighted by Gasteiger charge is -2.32. The van der Waals surface area contributed by atoms with Crippen LogP contribution < -0.4 is 10.6 Å². The maximum atomic E-state index is 9.13. The van der Waals surface area contributed by atoms with Gasteiger partial charge in [-0.2, -0.15) is 0 Å². The number of nitrogens with one attached hydrogen (secondary N) is 2. The molecule has 3 heterocycles. The summed E-state index contributed by atoms with van der Waals surface area (Å²) in [6.45, 7) is 13.1. The number of anilines is 2. The van der Waals surface area contributed by atoms with E-state index >= 15 is 0 Å². The van der Waals surface area contributed by atoms with Gasteiger partial charge < -0.3 is 15.1 Å². The van der Waals surface area contributed by atoms with Crippen LogP contribution in [0.4, 0.5) is 11.4 Å². The van der Waals surface area contributed by atoms with E-state index in [1.807, 2.05) is 48.7 Å². The number of nitrogens with zero attached hydrogens (tertiary/aromatic N) is 2. The molecule has 0 aliphatic heterocycles. The van der Waals surface area contributed by atoms with Crippen molar-refractivity contribution >= 4 is 55.1 Å². The van der Waals surface area contributed by atoms with E-state index < -0.39 is 6.04 Å². The molecule has 2 N–H and O–H groups in total. The van der Waals surface area contributed by atoms with Crippen molar-refractivity contribution < 1.29 is 11.3 Å². The van der Waals surface area contributed by atoms with Gasteiger partial charge in [-0.3, -0.25) is 4.57 Å². The second-order valence-corrected chi connectivity index (χ2v) is 23.0. The molecule has 79 heavy (non-hydrogen) atoms. The maximum Gasteiger partial charge on any atom is 0.181 e. The molecular weight excluding hydrogens is 961 g/mol. The largest absolute Gasteiger partial charge is 0.452 e. The summed E-state index contributed by atoms with van der Waals surface area (Å²) < 4.78 is 52.9. The molecule has 1 aliphatic rings. The highest BCUT2D eigenvalue weighted by molar-refractivity contribution is 6.12. The molecule has 13 rings (SSSR count). The van der Waals surface area contributed by atoms with Gasteiger partial charge in [-0.25, -0.2) is 4.98 Å². The number of hydrogen-bond donors (Lipinski definition) is 2. The Bertz CT molecular complexity index is 4610. The number of pyridine rings is 1. The molecule has 0 saturated carbocycles. The number of aromatic nitrogens is 2. The average molecular weight is 1030 g/mol. The zero-order valence-electron chi connectivity index (χ0n) is 50.4. The molecule has 1 aliphatic carbocycles. The fourth-order valence-electron chi connectivity index (χ4n) is 11.3. The van der Waals surface area contributed by atoms with Crippen molar-refractivity contribution in [3.05, 3.63) is 265 Å². The minimum atomic E-state index is -0.415. The Morgan fingerprint density at radius 1 is 0.494 bits per heavy atom. The van der Waals surface area contributed by atoms with Crippen LogP contribution in [0, 0.1) is 0 Å². The van der Waals surface area contributed by atoms with Crippen LogP contribution in [0.15, 0.2) is 247 Å². The predicted molar refractivity (Wildman–Crippen MR) is 334 cm³/mol. The molecular formula is C74H64N4O. The first-order valence-electron chi connectivity index (χ1n) is 29.8. The Kier molecular flexibility index (Phi) is 11.1.